The lowest BCUT2D eigenvalue weighted by molar-refractivity contribution is 0.479. The van der Waals surface area contributed by atoms with E-state index >= 15 is 0 Å². The highest BCUT2D eigenvalue weighted by Gasteiger charge is 2.10. The second-order valence-corrected chi connectivity index (χ2v) is 5.79. The maximum atomic E-state index is 5.67. The average molecular weight is 313 g/mol. The van der Waals surface area contributed by atoms with E-state index < -0.39 is 0 Å². The molecule has 18 heavy (non-hydrogen) atoms. The van der Waals surface area contributed by atoms with Gasteiger partial charge in [-0.2, -0.15) is 0 Å². The summed E-state index contributed by atoms with van der Waals surface area (Å²) in [6.45, 7) is 4.34. The molecule has 102 valence electrons. The smallest absolute Gasteiger partial charge is 0.0460 e. The SMILES string of the molecule is CCCCCCCC(NN)c1ccc(C)c(Br)c1. The Hall–Kier alpha value is -0.380. The number of unbranched alkanes of at least 4 members (excludes halogenated alkanes) is 4. The normalized spacial score (nSPS) is 12.7. The summed E-state index contributed by atoms with van der Waals surface area (Å²) in [5.41, 5.74) is 5.47. The highest BCUT2D eigenvalue weighted by atomic mass is 79.9. The number of benzene rings is 1. The molecular formula is C15H25BrN2. The van der Waals surface area contributed by atoms with Crippen molar-refractivity contribution >= 4 is 15.9 Å². The number of nitrogens with one attached hydrogen (secondary N) is 1. The fraction of sp³-hybridized carbons (Fsp3) is 0.600. The molecule has 3 N–H and O–H groups in total. The first-order valence-corrected chi connectivity index (χ1v) is 7.70. The van der Waals surface area contributed by atoms with Gasteiger partial charge in [-0.3, -0.25) is 11.3 Å². The number of hydrogen-bond donors (Lipinski definition) is 2. The third-order valence-corrected chi connectivity index (χ3v) is 4.25. The van der Waals surface area contributed by atoms with E-state index in [4.69, 9.17) is 5.84 Å². The van der Waals surface area contributed by atoms with E-state index in [2.05, 4.69) is 53.4 Å². The summed E-state index contributed by atoms with van der Waals surface area (Å²) in [6, 6.07) is 6.74. The second kappa shape index (κ2) is 8.68. The van der Waals surface area contributed by atoms with Crippen LogP contribution in [0.4, 0.5) is 0 Å². The van der Waals surface area contributed by atoms with Crippen LogP contribution in [-0.4, -0.2) is 0 Å². The van der Waals surface area contributed by atoms with Crippen molar-refractivity contribution in [2.24, 2.45) is 5.84 Å². The van der Waals surface area contributed by atoms with E-state index in [1.807, 2.05) is 0 Å². The van der Waals surface area contributed by atoms with Crippen LogP contribution in [0.5, 0.6) is 0 Å². The van der Waals surface area contributed by atoms with Crippen LogP contribution >= 0.6 is 15.9 Å². The first kappa shape index (κ1) is 15.7. The highest BCUT2D eigenvalue weighted by Crippen LogP contribution is 2.24. The van der Waals surface area contributed by atoms with E-state index in [0.29, 0.717) is 0 Å². The largest absolute Gasteiger partial charge is 0.271 e. The molecule has 1 rings (SSSR count). The van der Waals surface area contributed by atoms with E-state index in [9.17, 15) is 0 Å². The fourth-order valence-electron chi connectivity index (χ4n) is 2.12. The molecule has 0 amide bonds. The Bertz CT molecular complexity index is 352. The Morgan fingerprint density at radius 1 is 1.22 bits per heavy atom. The number of aryl methyl sites for hydroxylation is 1. The first-order chi connectivity index (χ1) is 8.69. The number of nitrogens with two attached hydrogens (primary N) is 1. The van der Waals surface area contributed by atoms with E-state index in [-0.39, 0.29) is 6.04 Å². The number of hydrogen-bond acceptors (Lipinski definition) is 2. The first-order valence-electron chi connectivity index (χ1n) is 6.91. The van der Waals surface area contributed by atoms with Crippen LogP contribution in [0.2, 0.25) is 0 Å². The second-order valence-electron chi connectivity index (χ2n) is 4.93. The van der Waals surface area contributed by atoms with Gasteiger partial charge in [0.25, 0.3) is 0 Å². The summed E-state index contributed by atoms with van der Waals surface area (Å²) in [4.78, 5) is 0. The molecular weight excluding hydrogens is 288 g/mol. The minimum Gasteiger partial charge on any atom is -0.271 e. The zero-order valence-corrected chi connectivity index (χ0v) is 13.1. The van der Waals surface area contributed by atoms with Gasteiger partial charge in [-0.25, -0.2) is 0 Å². The summed E-state index contributed by atoms with van der Waals surface area (Å²) in [7, 11) is 0. The highest BCUT2D eigenvalue weighted by molar-refractivity contribution is 9.10. The summed E-state index contributed by atoms with van der Waals surface area (Å²) in [6.07, 6.45) is 7.63. The van der Waals surface area contributed by atoms with Crippen molar-refractivity contribution in [3.63, 3.8) is 0 Å². The maximum Gasteiger partial charge on any atom is 0.0460 e. The molecule has 0 bridgehead atoms. The molecule has 0 saturated heterocycles. The Morgan fingerprint density at radius 3 is 2.56 bits per heavy atom. The summed E-state index contributed by atoms with van der Waals surface area (Å²) < 4.78 is 1.16. The minimum atomic E-state index is 0.267. The summed E-state index contributed by atoms with van der Waals surface area (Å²) in [5.74, 6) is 5.67. The van der Waals surface area contributed by atoms with Gasteiger partial charge in [-0.15, -0.1) is 0 Å². The Kier molecular flexibility index (Phi) is 7.56. The van der Waals surface area contributed by atoms with Gasteiger partial charge >= 0.3 is 0 Å². The third-order valence-electron chi connectivity index (χ3n) is 3.40. The van der Waals surface area contributed by atoms with Gasteiger partial charge in [0, 0.05) is 10.5 Å². The lowest BCUT2D eigenvalue weighted by Gasteiger charge is -2.17. The van der Waals surface area contributed by atoms with Gasteiger partial charge in [-0.05, 0) is 30.5 Å². The molecule has 0 aromatic heterocycles. The van der Waals surface area contributed by atoms with Crippen LogP contribution in [0.15, 0.2) is 22.7 Å². The molecule has 1 aromatic rings. The van der Waals surface area contributed by atoms with Crippen molar-refractivity contribution in [2.45, 2.75) is 58.4 Å². The van der Waals surface area contributed by atoms with Gasteiger partial charge in [0.15, 0.2) is 0 Å². The van der Waals surface area contributed by atoms with Gasteiger partial charge < -0.3 is 0 Å². The third kappa shape index (κ3) is 5.09. The van der Waals surface area contributed by atoms with Crippen molar-refractivity contribution in [3.8, 4) is 0 Å². The van der Waals surface area contributed by atoms with Crippen LogP contribution in [0.25, 0.3) is 0 Å². The lowest BCUT2D eigenvalue weighted by Crippen LogP contribution is -2.28. The molecule has 0 heterocycles. The quantitative estimate of drug-likeness (QED) is 0.417. The summed E-state index contributed by atoms with van der Waals surface area (Å²) in [5, 5.41) is 0. The van der Waals surface area contributed by atoms with E-state index in [1.54, 1.807) is 0 Å². The number of halogens is 1. The number of hydrazine groups is 1. The molecule has 1 atom stereocenters. The fourth-order valence-corrected chi connectivity index (χ4v) is 2.52. The Morgan fingerprint density at radius 2 is 1.94 bits per heavy atom. The molecule has 2 nitrogen and oxygen atoms in total. The van der Waals surface area contributed by atoms with Crippen LogP contribution in [0.3, 0.4) is 0 Å². The van der Waals surface area contributed by atoms with Gasteiger partial charge in [-0.1, -0.05) is 67.1 Å². The lowest BCUT2D eigenvalue weighted by atomic mass is 9.99. The molecule has 0 aliphatic rings. The zero-order chi connectivity index (χ0) is 13.4. The standard InChI is InChI=1S/C15H25BrN2/c1-3-4-5-6-7-8-15(18-17)13-10-9-12(2)14(16)11-13/h9-11,15,18H,3-8,17H2,1-2H3. The molecule has 0 saturated carbocycles. The van der Waals surface area contributed by atoms with Crippen LogP contribution in [0, 0.1) is 6.92 Å². The molecule has 0 spiro atoms. The molecule has 0 aliphatic carbocycles. The minimum absolute atomic E-state index is 0.267. The average Bonchev–Trinajstić information content (AvgIpc) is 2.37. The van der Waals surface area contributed by atoms with Crippen molar-refractivity contribution in [1.82, 2.24) is 5.43 Å². The van der Waals surface area contributed by atoms with Gasteiger partial charge in [0.2, 0.25) is 0 Å². The molecule has 0 radical (unpaired) electrons. The molecule has 3 heteroatoms. The van der Waals surface area contributed by atoms with Crippen molar-refractivity contribution in [1.29, 1.82) is 0 Å². The predicted octanol–water partition coefficient (Wildman–Crippen LogP) is 4.62. The van der Waals surface area contributed by atoms with Crippen molar-refractivity contribution in [2.75, 3.05) is 0 Å². The molecule has 0 fully saturated rings. The van der Waals surface area contributed by atoms with Crippen LogP contribution in [-0.2, 0) is 0 Å². The predicted molar refractivity (Wildman–Crippen MR) is 82.3 cm³/mol. The van der Waals surface area contributed by atoms with E-state index in [1.165, 1.54) is 43.2 Å². The zero-order valence-electron chi connectivity index (χ0n) is 11.5. The molecule has 1 aromatic carbocycles. The Balaban J connectivity index is 2.47. The van der Waals surface area contributed by atoms with Crippen molar-refractivity contribution in [3.05, 3.63) is 33.8 Å². The maximum absolute atomic E-state index is 5.67. The summed E-state index contributed by atoms with van der Waals surface area (Å²) >= 11 is 3.58. The monoisotopic (exact) mass is 312 g/mol. The topological polar surface area (TPSA) is 38.0 Å². The van der Waals surface area contributed by atoms with Gasteiger partial charge in [0.05, 0.1) is 0 Å². The number of rotatable bonds is 8. The van der Waals surface area contributed by atoms with Crippen molar-refractivity contribution < 1.29 is 0 Å². The van der Waals surface area contributed by atoms with Gasteiger partial charge in [0.1, 0.15) is 0 Å². The van der Waals surface area contributed by atoms with Crippen LogP contribution in [0.1, 0.15) is 62.6 Å². The molecule has 0 aliphatic heterocycles. The molecule has 1 unspecified atom stereocenters. The van der Waals surface area contributed by atoms with Crippen LogP contribution < -0.4 is 11.3 Å². The Labute approximate surface area is 119 Å². The van der Waals surface area contributed by atoms with E-state index in [0.717, 1.165) is 10.9 Å².